The van der Waals surface area contributed by atoms with Crippen LogP contribution in [-0.2, 0) is 0 Å². The molecule has 0 fully saturated rings. The molecule has 0 amide bonds. The Hall–Kier alpha value is -1.31. The van der Waals surface area contributed by atoms with Crippen LogP contribution in [0.5, 0.6) is 0 Å². The van der Waals surface area contributed by atoms with Gasteiger partial charge in [0, 0.05) is 11.2 Å². The first-order valence-electron chi connectivity index (χ1n) is 4.54. The fraction of sp³-hybridized carbons (Fsp3) is 0.0909. The highest BCUT2D eigenvalue weighted by atomic mass is 79.9. The van der Waals surface area contributed by atoms with Crippen molar-refractivity contribution >= 4 is 27.5 Å². The molecule has 5 heteroatoms. The second-order valence-electron chi connectivity index (χ2n) is 3.27. The highest BCUT2D eigenvalue weighted by molar-refractivity contribution is 9.10. The van der Waals surface area contributed by atoms with Crippen LogP contribution < -0.4 is 0 Å². The number of rotatable bonds is 1. The molecule has 0 spiro atoms. The summed E-state index contributed by atoms with van der Waals surface area (Å²) in [4.78, 5) is 0. The highest BCUT2D eigenvalue weighted by Crippen LogP contribution is 2.24. The lowest BCUT2D eigenvalue weighted by Gasteiger charge is -2.06. The highest BCUT2D eigenvalue weighted by Gasteiger charge is 2.09. The quantitative estimate of drug-likeness (QED) is 0.808. The zero-order valence-corrected chi connectivity index (χ0v) is 10.7. The molecular weight excluding hydrogens is 289 g/mol. The van der Waals surface area contributed by atoms with E-state index < -0.39 is 0 Å². The maximum atomic E-state index is 8.82. The van der Waals surface area contributed by atoms with Gasteiger partial charge >= 0.3 is 0 Å². The van der Waals surface area contributed by atoms with Gasteiger partial charge in [-0.15, -0.1) is 0 Å². The van der Waals surface area contributed by atoms with Crippen molar-refractivity contribution in [2.24, 2.45) is 0 Å². The zero-order valence-electron chi connectivity index (χ0n) is 8.41. The number of nitrogens with zero attached hydrogens (tertiary/aromatic N) is 3. The molecule has 0 bridgehead atoms. The molecule has 1 aromatic heterocycles. The van der Waals surface area contributed by atoms with E-state index in [1.807, 2.05) is 31.2 Å². The Labute approximate surface area is 106 Å². The summed E-state index contributed by atoms with van der Waals surface area (Å²) < 4.78 is 2.32. The third kappa shape index (κ3) is 1.84. The summed E-state index contributed by atoms with van der Waals surface area (Å²) in [5.41, 5.74) is 2.16. The van der Waals surface area contributed by atoms with Crippen molar-refractivity contribution < 1.29 is 0 Å². The van der Waals surface area contributed by atoms with E-state index in [0.717, 1.165) is 11.3 Å². The topological polar surface area (TPSA) is 41.6 Å². The second kappa shape index (κ2) is 4.28. The SMILES string of the molecule is Cc1c(Cl)cccc1-n1cc(Br)c(C#N)n1. The van der Waals surface area contributed by atoms with Crippen LogP contribution in [-0.4, -0.2) is 9.78 Å². The molecule has 0 radical (unpaired) electrons. The maximum absolute atomic E-state index is 8.82. The average Bonchev–Trinajstić information content (AvgIpc) is 2.63. The summed E-state index contributed by atoms with van der Waals surface area (Å²) in [6, 6.07) is 7.59. The Morgan fingerprint density at radius 1 is 1.50 bits per heavy atom. The van der Waals surface area contributed by atoms with E-state index in [1.54, 1.807) is 10.9 Å². The van der Waals surface area contributed by atoms with Gasteiger partial charge in [-0.05, 0) is 40.5 Å². The molecule has 0 aliphatic heterocycles. The van der Waals surface area contributed by atoms with E-state index in [1.165, 1.54) is 0 Å². The minimum absolute atomic E-state index is 0.361. The molecule has 0 N–H and O–H groups in total. The standard InChI is InChI=1S/C11H7BrClN3/c1-7-9(13)3-2-4-11(7)16-6-8(12)10(5-14)15-16/h2-4,6H,1H3. The fourth-order valence-electron chi connectivity index (χ4n) is 1.40. The Balaban J connectivity index is 2.60. The summed E-state index contributed by atoms with van der Waals surface area (Å²) in [5.74, 6) is 0. The van der Waals surface area contributed by atoms with Crippen LogP contribution in [0.2, 0.25) is 5.02 Å². The second-order valence-corrected chi connectivity index (χ2v) is 4.53. The van der Waals surface area contributed by atoms with Crippen molar-refractivity contribution in [1.29, 1.82) is 5.26 Å². The van der Waals surface area contributed by atoms with Crippen LogP contribution in [0.15, 0.2) is 28.9 Å². The Kier molecular flexibility index (Phi) is 2.99. The van der Waals surface area contributed by atoms with E-state index in [9.17, 15) is 0 Å². The number of hydrogen-bond acceptors (Lipinski definition) is 2. The normalized spacial score (nSPS) is 10.1. The van der Waals surface area contributed by atoms with Crippen LogP contribution in [0.4, 0.5) is 0 Å². The summed E-state index contributed by atoms with van der Waals surface area (Å²) in [5, 5.41) is 13.7. The van der Waals surface area contributed by atoms with Gasteiger partial charge in [-0.1, -0.05) is 17.7 Å². The van der Waals surface area contributed by atoms with E-state index in [2.05, 4.69) is 21.0 Å². The van der Waals surface area contributed by atoms with Gasteiger partial charge in [0.1, 0.15) is 6.07 Å². The first-order valence-corrected chi connectivity index (χ1v) is 5.71. The van der Waals surface area contributed by atoms with Gasteiger partial charge in [0.15, 0.2) is 5.69 Å². The van der Waals surface area contributed by atoms with Gasteiger partial charge in [0.05, 0.1) is 10.2 Å². The number of nitriles is 1. The third-order valence-electron chi connectivity index (χ3n) is 2.26. The molecule has 1 heterocycles. The molecule has 1 aromatic carbocycles. The van der Waals surface area contributed by atoms with Crippen LogP contribution in [0.1, 0.15) is 11.3 Å². The molecule has 0 atom stereocenters. The summed E-state index contributed by atoms with van der Waals surface area (Å²) >= 11 is 9.31. The van der Waals surface area contributed by atoms with Crippen molar-refractivity contribution in [2.45, 2.75) is 6.92 Å². The molecule has 2 rings (SSSR count). The first-order chi connectivity index (χ1) is 7.63. The average molecular weight is 297 g/mol. The minimum atomic E-state index is 0.361. The smallest absolute Gasteiger partial charge is 0.177 e. The van der Waals surface area contributed by atoms with Crippen molar-refractivity contribution in [3.63, 3.8) is 0 Å². The Morgan fingerprint density at radius 2 is 2.25 bits per heavy atom. The minimum Gasteiger partial charge on any atom is -0.238 e. The molecular formula is C11H7BrClN3. The molecule has 0 saturated carbocycles. The van der Waals surface area contributed by atoms with Crippen molar-refractivity contribution in [1.82, 2.24) is 9.78 Å². The van der Waals surface area contributed by atoms with Crippen LogP contribution in [0.3, 0.4) is 0 Å². The van der Waals surface area contributed by atoms with Crippen molar-refractivity contribution in [3.05, 3.63) is 45.1 Å². The predicted octanol–water partition coefficient (Wildman–Crippen LogP) is 3.47. The van der Waals surface area contributed by atoms with Gasteiger partial charge in [0.2, 0.25) is 0 Å². The number of halogens is 2. The molecule has 3 nitrogen and oxygen atoms in total. The van der Waals surface area contributed by atoms with Crippen LogP contribution in [0, 0.1) is 18.3 Å². The van der Waals surface area contributed by atoms with Gasteiger partial charge in [-0.3, -0.25) is 0 Å². The lowest BCUT2D eigenvalue weighted by atomic mass is 10.2. The maximum Gasteiger partial charge on any atom is 0.177 e. The fourth-order valence-corrected chi connectivity index (χ4v) is 1.93. The van der Waals surface area contributed by atoms with Gasteiger partial charge < -0.3 is 0 Å². The lowest BCUT2D eigenvalue weighted by Crippen LogP contribution is -1.98. The van der Waals surface area contributed by atoms with E-state index in [-0.39, 0.29) is 0 Å². The molecule has 16 heavy (non-hydrogen) atoms. The molecule has 0 aliphatic rings. The number of aromatic nitrogens is 2. The van der Waals surface area contributed by atoms with Gasteiger partial charge in [-0.25, -0.2) is 4.68 Å². The Morgan fingerprint density at radius 3 is 2.88 bits per heavy atom. The molecule has 0 aliphatic carbocycles. The molecule has 0 saturated heterocycles. The zero-order chi connectivity index (χ0) is 11.7. The molecule has 2 aromatic rings. The third-order valence-corrected chi connectivity index (χ3v) is 3.25. The van der Waals surface area contributed by atoms with Gasteiger partial charge in [-0.2, -0.15) is 10.4 Å². The van der Waals surface area contributed by atoms with E-state index in [0.29, 0.717) is 15.2 Å². The lowest BCUT2D eigenvalue weighted by molar-refractivity contribution is 0.866. The number of hydrogen-bond donors (Lipinski definition) is 0. The largest absolute Gasteiger partial charge is 0.238 e. The Bertz CT molecular complexity index is 583. The first kappa shape index (κ1) is 11.2. The molecule has 0 unspecified atom stereocenters. The van der Waals surface area contributed by atoms with Gasteiger partial charge in [0.25, 0.3) is 0 Å². The summed E-state index contributed by atoms with van der Waals surface area (Å²) in [7, 11) is 0. The monoisotopic (exact) mass is 295 g/mol. The van der Waals surface area contributed by atoms with E-state index in [4.69, 9.17) is 16.9 Å². The van der Waals surface area contributed by atoms with Crippen molar-refractivity contribution in [3.8, 4) is 11.8 Å². The molecule has 80 valence electrons. The number of benzene rings is 1. The van der Waals surface area contributed by atoms with Crippen LogP contribution in [0.25, 0.3) is 5.69 Å². The summed E-state index contributed by atoms with van der Waals surface area (Å²) in [6.07, 6.45) is 1.75. The van der Waals surface area contributed by atoms with Crippen LogP contribution >= 0.6 is 27.5 Å². The van der Waals surface area contributed by atoms with E-state index >= 15 is 0 Å². The predicted molar refractivity (Wildman–Crippen MR) is 65.7 cm³/mol. The summed E-state index contributed by atoms with van der Waals surface area (Å²) in [6.45, 7) is 1.92. The van der Waals surface area contributed by atoms with Crippen molar-refractivity contribution in [2.75, 3.05) is 0 Å².